The monoisotopic (exact) mass is 276 g/mol. The number of rotatable bonds is 3. The number of carbonyl (C=O) groups excluding carboxylic acids is 2. The van der Waals surface area contributed by atoms with E-state index in [1.54, 1.807) is 6.92 Å². The average molecular weight is 276 g/mol. The first-order valence-corrected chi connectivity index (χ1v) is 6.80. The molecule has 4 heteroatoms. The van der Waals surface area contributed by atoms with Gasteiger partial charge in [0, 0.05) is 11.1 Å². The molecule has 0 spiro atoms. The highest BCUT2D eigenvalue weighted by Gasteiger charge is 2.25. The largest absolute Gasteiger partial charge is 0.344 e. The maximum absolute atomic E-state index is 12.1. The third kappa shape index (κ3) is 4.37. The van der Waals surface area contributed by atoms with Crippen LogP contribution in [0.1, 0.15) is 38.8 Å². The second-order valence-electron chi connectivity index (χ2n) is 6.25. The van der Waals surface area contributed by atoms with Gasteiger partial charge in [0.2, 0.25) is 11.8 Å². The Morgan fingerprint density at radius 1 is 1.15 bits per heavy atom. The first-order valence-electron chi connectivity index (χ1n) is 6.80. The number of hydrogen-bond acceptors (Lipinski definition) is 2. The van der Waals surface area contributed by atoms with Gasteiger partial charge in [-0.25, -0.2) is 0 Å². The van der Waals surface area contributed by atoms with Crippen LogP contribution in [0.2, 0.25) is 0 Å². The van der Waals surface area contributed by atoms with Crippen LogP contribution in [0.5, 0.6) is 0 Å². The Kier molecular flexibility index (Phi) is 4.93. The molecule has 2 N–H and O–H groups in total. The van der Waals surface area contributed by atoms with Gasteiger partial charge in [-0.3, -0.25) is 9.59 Å². The van der Waals surface area contributed by atoms with Gasteiger partial charge in [-0.2, -0.15) is 0 Å². The molecule has 1 aromatic carbocycles. The van der Waals surface area contributed by atoms with E-state index in [0.717, 1.165) is 16.8 Å². The van der Waals surface area contributed by atoms with Crippen LogP contribution < -0.4 is 10.6 Å². The molecule has 0 saturated carbocycles. The molecule has 0 aromatic heterocycles. The van der Waals surface area contributed by atoms with Crippen molar-refractivity contribution in [2.75, 3.05) is 5.32 Å². The van der Waals surface area contributed by atoms with E-state index in [0.29, 0.717) is 0 Å². The van der Waals surface area contributed by atoms with Gasteiger partial charge >= 0.3 is 0 Å². The summed E-state index contributed by atoms with van der Waals surface area (Å²) in [6, 6.07) is 5.31. The highest BCUT2D eigenvalue weighted by atomic mass is 16.2. The summed E-state index contributed by atoms with van der Waals surface area (Å²) in [6.45, 7) is 11.0. The van der Waals surface area contributed by atoms with Crippen LogP contribution in [0.25, 0.3) is 0 Å². The zero-order valence-electron chi connectivity index (χ0n) is 13.1. The Morgan fingerprint density at radius 3 is 2.30 bits per heavy atom. The second-order valence-corrected chi connectivity index (χ2v) is 6.25. The smallest absolute Gasteiger partial charge is 0.246 e. The average Bonchev–Trinajstić information content (AvgIpc) is 2.32. The summed E-state index contributed by atoms with van der Waals surface area (Å²) in [6.07, 6.45) is 0. The third-order valence-electron chi connectivity index (χ3n) is 3.07. The summed E-state index contributed by atoms with van der Waals surface area (Å²) in [5.41, 5.74) is 2.36. The Hall–Kier alpha value is -1.84. The maximum Gasteiger partial charge on any atom is 0.246 e. The van der Waals surface area contributed by atoms with Crippen LogP contribution in [-0.4, -0.2) is 17.9 Å². The van der Waals surface area contributed by atoms with Gasteiger partial charge in [-0.1, -0.05) is 32.9 Å². The van der Waals surface area contributed by atoms with Crippen LogP contribution in [-0.2, 0) is 9.59 Å². The number of aryl methyl sites for hydroxylation is 2. The normalized spacial score (nSPS) is 12.7. The van der Waals surface area contributed by atoms with Crippen molar-refractivity contribution in [3.8, 4) is 0 Å². The Balaban J connectivity index is 2.71. The van der Waals surface area contributed by atoms with Crippen LogP contribution in [0.3, 0.4) is 0 Å². The van der Waals surface area contributed by atoms with E-state index in [9.17, 15) is 9.59 Å². The highest BCUT2D eigenvalue weighted by molar-refractivity contribution is 5.98. The molecule has 1 unspecified atom stereocenters. The lowest BCUT2D eigenvalue weighted by Gasteiger charge is -2.21. The molecule has 0 aliphatic carbocycles. The maximum atomic E-state index is 12.1. The molecule has 1 atom stereocenters. The van der Waals surface area contributed by atoms with Gasteiger partial charge in [0.05, 0.1) is 0 Å². The Morgan fingerprint density at radius 2 is 1.75 bits per heavy atom. The zero-order valence-corrected chi connectivity index (χ0v) is 13.1. The van der Waals surface area contributed by atoms with Gasteiger partial charge in [-0.05, 0) is 38.0 Å². The third-order valence-corrected chi connectivity index (χ3v) is 3.07. The molecule has 0 bridgehead atoms. The lowest BCUT2D eigenvalue weighted by atomic mass is 9.95. The summed E-state index contributed by atoms with van der Waals surface area (Å²) in [7, 11) is 0. The molecule has 110 valence electrons. The number of benzene rings is 1. The molecule has 0 aliphatic heterocycles. The molecule has 0 aliphatic rings. The van der Waals surface area contributed by atoms with E-state index < -0.39 is 11.5 Å². The van der Waals surface area contributed by atoms with Crippen LogP contribution in [0.15, 0.2) is 18.2 Å². The minimum atomic E-state index is -0.568. The second kappa shape index (κ2) is 6.07. The molecular formula is C16H24N2O2. The summed E-state index contributed by atoms with van der Waals surface area (Å²) in [4.78, 5) is 24.0. The van der Waals surface area contributed by atoms with Crippen LogP contribution in [0.4, 0.5) is 5.69 Å². The van der Waals surface area contributed by atoms with Crippen LogP contribution >= 0.6 is 0 Å². The zero-order chi connectivity index (χ0) is 15.5. The molecule has 0 fully saturated rings. The Bertz CT molecular complexity index is 516. The lowest BCUT2D eigenvalue weighted by Crippen LogP contribution is -2.46. The molecule has 20 heavy (non-hydrogen) atoms. The van der Waals surface area contributed by atoms with Crippen LogP contribution in [0, 0.1) is 19.3 Å². The van der Waals surface area contributed by atoms with Crippen molar-refractivity contribution in [1.29, 1.82) is 0 Å². The van der Waals surface area contributed by atoms with Crippen molar-refractivity contribution in [3.63, 3.8) is 0 Å². The fourth-order valence-corrected chi connectivity index (χ4v) is 1.59. The standard InChI is InChI=1S/C16H24N2O2/c1-10-7-8-11(2)13(9-10)18-14(19)12(3)17-15(20)16(4,5)6/h7-9,12H,1-6H3,(H,17,20)(H,18,19). The number of amides is 2. The predicted molar refractivity (Wildman–Crippen MR) is 81.6 cm³/mol. The van der Waals surface area contributed by atoms with Gasteiger partial charge in [0.25, 0.3) is 0 Å². The SMILES string of the molecule is Cc1ccc(C)c(NC(=O)C(C)NC(=O)C(C)(C)C)c1. The van der Waals surface area contributed by atoms with Crippen molar-refractivity contribution in [1.82, 2.24) is 5.32 Å². The number of nitrogens with one attached hydrogen (secondary N) is 2. The molecule has 1 rings (SSSR count). The molecular weight excluding hydrogens is 252 g/mol. The van der Waals surface area contributed by atoms with E-state index in [1.807, 2.05) is 52.8 Å². The topological polar surface area (TPSA) is 58.2 Å². The summed E-state index contributed by atoms with van der Waals surface area (Å²) < 4.78 is 0. The summed E-state index contributed by atoms with van der Waals surface area (Å²) >= 11 is 0. The first kappa shape index (κ1) is 16.2. The van der Waals surface area contributed by atoms with E-state index in [2.05, 4.69) is 10.6 Å². The van der Waals surface area contributed by atoms with Crippen molar-refractivity contribution in [3.05, 3.63) is 29.3 Å². The fraction of sp³-hybridized carbons (Fsp3) is 0.500. The lowest BCUT2D eigenvalue weighted by molar-refractivity contribution is -0.131. The quantitative estimate of drug-likeness (QED) is 0.892. The van der Waals surface area contributed by atoms with Crippen molar-refractivity contribution in [2.24, 2.45) is 5.41 Å². The highest BCUT2D eigenvalue weighted by Crippen LogP contribution is 2.17. The molecule has 4 nitrogen and oxygen atoms in total. The fourth-order valence-electron chi connectivity index (χ4n) is 1.59. The summed E-state index contributed by atoms with van der Waals surface area (Å²) in [5, 5.41) is 5.58. The minimum absolute atomic E-state index is 0.138. The molecule has 0 heterocycles. The van der Waals surface area contributed by atoms with E-state index in [-0.39, 0.29) is 11.8 Å². The Labute approximate surface area is 121 Å². The number of hydrogen-bond donors (Lipinski definition) is 2. The molecule has 2 amide bonds. The van der Waals surface area contributed by atoms with Gasteiger partial charge in [-0.15, -0.1) is 0 Å². The summed E-state index contributed by atoms with van der Waals surface area (Å²) in [5.74, 6) is -0.350. The van der Waals surface area contributed by atoms with E-state index in [1.165, 1.54) is 0 Å². The molecule has 1 aromatic rings. The van der Waals surface area contributed by atoms with Gasteiger partial charge in [0.1, 0.15) is 6.04 Å². The van der Waals surface area contributed by atoms with Crippen molar-refractivity contribution >= 4 is 17.5 Å². The van der Waals surface area contributed by atoms with Gasteiger partial charge < -0.3 is 10.6 Å². The van der Waals surface area contributed by atoms with E-state index in [4.69, 9.17) is 0 Å². The first-order chi connectivity index (χ1) is 9.11. The van der Waals surface area contributed by atoms with Gasteiger partial charge in [0.15, 0.2) is 0 Å². The minimum Gasteiger partial charge on any atom is -0.344 e. The van der Waals surface area contributed by atoms with Crippen molar-refractivity contribution < 1.29 is 9.59 Å². The predicted octanol–water partition coefficient (Wildman–Crippen LogP) is 2.79. The number of carbonyl (C=O) groups is 2. The molecule has 0 saturated heterocycles. The molecule has 0 radical (unpaired) electrons. The van der Waals surface area contributed by atoms with Crippen molar-refractivity contribution in [2.45, 2.75) is 47.6 Å². The number of anilines is 1. The van der Waals surface area contributed by atoms with E-state index >= 15 is 0 Å².